The van der Waals surface area contributed by atoms with Gasteiger partial charge in [0.2, 0.25) is 5.91 Å². The second-order valence-electron chi connectivity index (χ2n) is 5.27. The normalized spacial score (nSPS) is 14.7. The number of aromatic nitrogens is 1. The number of nitrogens with zero attached hydrogens (tertiary/aromatic N) is 2. The van der Waals surface area contributed by atoms with Crippen LogP contribution in [0, 0.1) is 0 Å². The molecule has 0 bridgehead atoms. The summed E-state index contributed by atoms with van der Waals surface area (Å²) in [6.07, 6.45) is 1.79. The molecule has 1 atom stereocenters. The van der Waals surface area contributed by atoms with Gasteiger partial charge in [-0.05, 0) is 36.2 Å². The van der Waals surface area contributed by atoms with Gasteiger partial charge in [-0.3, -0.25) is 4.79 Å². The van der Waals surface area contributed by atoms with Gasteiger partial charge in [0, 0.05) is 25.0 Å². The molecule has 108 valence electrons. The van der Waals surface area contributed by atoms with E-state index in [0.29, 0.717) is 0 Å². The van der Waals surface area contributed by atoms with Crippen LogP contribution in [-0.4, -0.2) is 16.9 Å². The van der Waals surface area contributed by atoms with Crippen LogP contribution in [0.2, 0.25) is 0 Å². The average Bonchev–Trinajstić information content (AvgIpc) is 2.93. The lowest BCUT2D eigenvalue weighted by atomic mass is 10.1. The summed E-state index contributed by atoms with van der Waals surface area (Å²) < 4.78 is 0. The minimum atomic E-state index is -0.519. The monoisotopic (exact) mass is 282 g/mol. The molecular weight excluding hydrogens is 264 g/mol. The molecule has 1 aromatic heterocycles. The molecule has 1 unspecified atom stereocenters. The first-order valence-corrected chi connectivity index (χ1v) is 6.98. The van der Waals surface area contributed by atoms with E-state index in [2.05, 4.69) is 21.3 Å². The van der Waals surface area contributed by atoms with Crippen molar-refractivity contribution in [1.29, 1.82) is 0 Å². The van der Waals surface area contributed by atoms with Crippen LogP contribution in [0.25, 0.3) is 0 Å². The zero-order valence-corrected chi connectivity index (χ0v) is 11.9. The summed E-state index contributed by atoms with van der Waals surface area (Å²) in [6.45, 7) is 3.22. The van der Waals surface area contributed by atoms with Gasteiger partial charge >= 0.3 is 0 Å². The minimum Gasteiger partial charge on any atom is -0.348 e. The molecule has 0 saturated heterocycles. The molecule has 5 nitrogen and oxygen atoms in total. The molecule has 3 N–H and O–H groups in total. The second-order valence-corrected chi connectivity index (χ2v) is 5.27. The van der Waals surface area contributed by atoms with Crippen molar-refractivity contribution < 1.29 is 4.79 Å². The number of anilines is 2. The van der Waals surface area contributed by atoms with Crippen LogP contribution in [-0.2, 0) is 17.9 Å². The van der Waals surface area contributed by atoms with Gasteiger partial charge in [-0.25, -0.2) is 4.98 Å². The van der Waals surface area contributed by atoms with E-state index in [-0.39, 0.29) is 5.91 Å². The highest BCUT2D eigenvalue weighted by Gasteiger charge is 2.23. The first kappa shape index (κ1) is 13.6. The largest absolute Gasteiger partial charge is 0.348 e. The standard InChI is InChI=1S/C16H18N4O/c1-11(17)16(21)19-14-6-4-5-12-9-20(10-13(12)14)15-7-2-3-8-18-15/h2-8,11H,9-10,17H2,1H3,(H,19,21). The van der Waals surface area contributed by atoms with Crippen molar-refractivity contribution in [3.63, 3.8) is 0 Å². The number of hydrogen-bond acceptors (Lipinski definition) is 4. The van der Waals surface area contributed by atoms with Gasteiger partial charge in [-0.2, -0.15) is 0 Å². The molecule has 1 aromatic carbocycles. The van der Waals surface area contributed by atoms with Crippen molar-refractivity contribution >= 4 is 17.4 Å². The molecule has 2 heterocycles. The third-order valence-electron chi connectivity index (χ3n) is 3.63. The molecule has 0 fully saturated rings. The van der Waals surface area contributed by atoms with Gasteiger partial charge in [0.05, 0.1) is 6.04 Å². The fourth-order valence-corrected chi connectivity index (χ4v) is 2.49. The second kappa shape index (κ2) is 5.54. The van der Waals surface area contributed by atoms with Crippen molar-refractivity contribution in [2.75, 3.05) is 10.2 Å². The summed E-state index contributed by atoms with van der Waals surface area (Å²) in [6, 6.07) is 11.3. The number of rotatable bonds is 3. The Labute approximate surface area is 123 Å². The maximum atomic E-state index is 11.8. The summed E-state index contributed by atoms with van der Waals surface area (Å²) in [5, 5.41) is 2.90. The zero-order valence-electron chi connectivity index (χ0n) is 11.9. The van der Waals surface area contributed by atoms with E-state index in [4.69, 9.17) is 5.73 Å². The number of nitrogens with one attached hydrogen (secondary N) is 1. The Bertz CT molecular complexity index is 655. The fraction of sp³-hybridized carbons (Fsp3) is 0.250. The number of hydrogen-bond donors (Lipinski definition) is 2. The molecule has 21 heavy (non-hydrogen) atoms. The number of carbonyl (C=O) groups excluding carboxylic acids is 1. The van der Waals surface area contributed by atoms with Gasteiger partial charge in [-0.15, -0.1) is 0 Å². The van der Waals surface area contributed by atoms with E-state index in [9.17, 15) is 4.79 Å². The highest BCUT2D eigenvalue weighted by Crippen LogP contribution is 2.31. The van der Waals surface area contributed by atoms with Crippen molar-refractivity contribution in [2.45, 2.75) is 26.1 Å². The Morgan fingerprint density at radius 3 is 2.86 bits per heavy atom. The van der Waals surface area contributed by atoms with Crippen LogP contribution >= 0.6 is 0 Å². The molecule has 2 aromatic rings. The van der Waals surface area contributed by atoms with Crippen molar-refractivity contribution in [3.8, 4) is 0 Å². The molecule has 1 amide bonds. The van der Waals surface area contributed by atoms with E-state index in [1.807, 2.05) is 30.3 Å². The first-order valence-electron chi connectivity index (χ1n) is 6.98. The Morgan fingerprint density at radius 1 is 1.29 bits per heavy atom. The van der Waals surface area contributed by atoms with Crippen molar-refractivity contribution in [3.05, 3.63) is 53.7 Å². The highest BCUT2D eigenvalue weighted by atomic mass is 16.2. The Balaban J connectivity index is 1.85. The number of fused-ring (bicyclic) bond motifs is 1. The zero-order chi connectivity index (χ0) is 14.8. The first-order chi connectivity index (χ1) is 10.1. The van der Waals surface area contributed by atoms with E-state index in [1.165, 1.54) is 5.56 Å². The smallest absolute Gasteiger partial charge is 0.241 e. The quantitative estimate of drug-likeness (QED) is 0.902. The van der Waals surface area contributed by atoms with E-state index >= 15 is 0 Å². The van der Waals surface area contributed by atoms with Gasteiger partial charge < -0.3 is 16.0 Å². The number of amides is 1. The van der Waals surface area contributed by atoms with E-state index in [0.717, 1.165) is 30.2 Å². The van der Waals surface area contributed by atoms with Gasteiger partial charge in [0.1, 0.15) is 5.82 Å². The predicted molar refractivity (Wildman–Crippen MR) is 82.8 cm³/mol. The number of pyridine rings is 1. The molecule has 1 aliphatic heterocycles. The van der Waals surface area contributed by atoms with Gasteiger partial charge in [-0.1, -0.05) is 18.2 Å². The Morgan fingerprint density at radius 2 is 2.14 bits per heavy atom. The van der Waals surface area contributed by atoms with Crippen LogP contribution in [0.15, 0.2) is 42.6 Å². The summed E-state index contributed by atoms with van der Waals surface area (Å²) >= 11 is 0. The van der Waals surface area contributed by atoms with Crippen LogP contribution in [0.4, 0.5) is 11.5 Å². The lowest BCUT2D eigenvalue weighted by Gasteiger charge is -2.16. The van der Waals surface area contributed by atoms with E-state index < -0.39 is 6.04 Å². The van der Waals surface area contributed by atoms with Crippen molar-refractivity contribution in [2.24, 2.45) is 5.73 Å². The topological polar surface area (TPSA) is 71.2 Å². The fourth-order valence-electron chi connectivity index (χ4n) is 2.49. The number of nitrogens with two attached hydrogens (primary N) is 1. The Hall–Kier alpha value is -2.40. The predicted octanol–water partition coefficient (Wildman–Crippen LogP) is 1.89. The highest BCUT2D eigenvalue weighted by molar-refractivity contribution is 5.95. The number of carbonyl (C=O) groups is 1. The molecule has 5 heteroatoms. The van der Waals surface area contributed by atoms with Crippen LogP contribution in [0.3, 0.4) is 0 Å². The molecule has 0 saturated carbocycles. The van der Waals surface area contributed by atoms with Crippen LogP contribution in [0.5, 0.6) is 0 Å². The summed E-state index contributed by atoms with van der Waals surface area (Å²) in [5.41, 5.74) is 8.80. The molecule has 1 aliphatic rings. The maximum Gasteiger partial charge on any atom is 0.241 e. The van der Waals surface area contributed by atoms with E-state index in [1.54, 1.807) is 13.1 Å². The molecular formula is C16H18N4O. The van der Waals surface area contributed by atoms with Crippen LogP contribution < -0.4 is 16.0 Å². The summed E-state index contributed by atoms with van der Waals surface area (Å²) in [4.78, 5) is 18.4. The minimum absolute atomic E-state index is 0.167. The molecule has 0 spiro atoms. The summed E-state index contributed by atoms with van der Waals surface area (Å²) in [7, 11) is 0. The van der Waals surface area contributed by atoms with Crippen LogP contribution in [0.1, 0.15) is 18.1 Å². The van der Waals surface area contributed by atoms with Gasteiger partial charge in [0.15, 0.2) is 0 Å². The van der Waals surface area contributed by atoms with Gasteiger partial charge in [0.25, 0.3) is 0 Å². The molecule has 3 rings (SSSR count). The average molecular weight is 282 g/mol. The third kappa shape index (κ3) is 2.73. The molecule has 0 aliphatic carbocycles. The Kier molecular flexibility index (Phi) is 3.58. The lowest BCUT2D eigenvalue weighted by Crippen LogP contribution is -2.32. The summed E-state index contributed by atoms with van der Waals surface area (Å²) in [5.74, 6) is 0.776. The third-order valence-corrected chi connectivity index (χ3v) is 3.63. The SMILES string of the molecule is CC(N)C(=O)Nc1cccc2c1CN(c1ccccn1)C2. The lowest BCUT2D eigenvalue weighted by molar-refractivity contribution is -0.117. The van der Waals surface area contributed by atoms with Crippen molar-refractivity contribution in [1.82, 2.24) is 4.98 Å². The molecule has 0 radical (unpaired) electrons. The maximum absolute atomic E-state index is 11.8. The number of benzene rings is 1.